The minimum absolute atomic E-state index is 0.267. The molecule has 0 radical (unpaired) electrons. The molecule has 3 aromatic rings. The van der Waals surface area contributed by atoms with E-state index in [0.29, 0.717) is 11.4 Å². The molecular weight excluding hydrogens is 302 g/mol. The minimum atomic E-state index is -0.951. The van der Waals surface area contributed by atoms with Crippen LogP contribution in [0.25, 0.3) is 11.1 Å². The van der Waals surface area contributed by atoms with Crippen molar-refractivity contribution in [1.29, 1.82) is 0 Å². The zero-order valence-corrected chi connectivity index (χ0v) is 12.8. The Morgan fingerprint density at radius 2 is 1.62 bits per heavy atom. The van der Waals surface area contributed by atoms with Gasteiger partial charge in [-0.3, -0.25) is 4.98 Å². The summed E-state index contributed by atoms with van der Waals surface area (Å²) >= 11 is 0. The molecule has 0 fully saturated rings. The normalized spacial score (nSPS) is 11.2. The van der Waals surface area contributed by atoms with Crippen molar-refractivity contribution in [2.24, 2.45) is 10.7 Å². The van der Waals surface area contributed by atoms with Gasteiger partial charge in [0, 0.05) is 18.0 Å². The Labute approximate surface area is 139 Å². The number of aromatic carboxylic acids is 1. The van der Waals surface area contributed by atoms with Crippen LogP contribution in [0.4, 0.5) is 5.69 Å². The molecule has 0 saturated carbocycles. The second kappa shape index (κ2) is 6.75. The summed E-state index contributed by atoms with van der Waals surface area (Å²) in [5, 5.41) is 9.29. The number of pyridine rings is 1. The van der Waals surface area contributed by atoms with E-state index in [4.69, 9.17) is 5.73 Å². The fourth-order valence-electron chi connectivity index (χ4n) is 2.36. The van der Waals surface area contributed by atoms with Crippen LogP contribution in [-0.4, -0.2) is 21.9 Å². The molecule has 0 unspecified atom stereocenters. The number of nitrogens with zero attached hydrogens (tertiary/aromatic N) is 2. The first-order valence-electron chi connectivity index (χ1n) is 7.32. The Bertz CT molecular complexity index is 888. The molecule has 0 saturated heterocycles. The Balaban J connectivity index is 1.92. The Morgan fingerprint density at radius 1 is 0.958 bits per heavy atom. The van der Waals surface area contributed by atoms with E-state index in [2.05, 4.69) is 9.98 Å². The van der Waals surface area contributed by atoms with E-state index >= 15 is 0 Å². The van der Waals surface area contributed by atoms with Gasteiger partial charge in [0.15, 0.2) is 0 Å². The lowest BCUT2D eigenvalue weighted by Crippen LogP contribution is -2.12. The third-order valence-electron chi connectivity index (χ3n) is 3.56. The zero-order chi connectivity index (χ0) is 16.9. The molecule has 24 heavy (non-hydrogen) atoms. The first-order chi connectivity index (χ1) is 11.6. The lowest BCUT2D eigenvalue weighted by Gasteiger charge is -2.07. The van der Waals surface area contributed by atoms with E-state index in [1.165, 1.54) is 0 Å². The van der Waals surface area contributed by atoms with E-state index in [0.717, 1.165) is 16.8 Å². The number of hydrogen-bond donors (Lipinski definition) is 2. The summed E-state index contributed by atoms with van der Waals surface area (Å²) in [6.45, 7) is 0. The SMILES string of the molecule is NC(=Nc1ccncc1)c1ccc(-c2ccccc2C(=O)O)cc1. The van der Waals surface area contributed by atoms with Crippen molar-refractivity contribution in [3.63, 3.8) is 0 Å². The highest BCUT2D eigenvalue weighted by molar-refractivity contribution is 6.00. The smallest absolute Gasteiger partial charge is 0.336 e. The average Bonchev–Trinajstić information content (AvgIpc) is 2.62. The summed E-state index contributed by atoms with van der Waals surface area (Å²) in [6.07, 6.45) is 3.30. The predicted octanol–water partition coefficient (Wildman–Crippen LogP) is 3.48. The minimum Gasteiger partial charge on any atom is -0.478 e. The van der Waals surface area contributed by atoms with Gasteiger partial charge in [0.25, 0.3) is 0 Å². The zero-order valence-electron chi connectivity index (χ0n) is 12.8. The third kappa shape index (κ3) is 3.30. The Morgan fingerprint density at radius 3 is 2.29 bits per heavy atom. The third-order valence-corrected chi connectivity index (χ3v) is 3.56. The number of aliphatic imine (C=N–C) groups is 1. The first kappa shape index (κ1) is 15.4. The largest absolute Gasteiger partial charge is 0.478 e. The fourth-order valence-corrected chi connectivity index (χ4v) is 2.36. The van der Waals surface area contributed by atoms with Gasteiger partial charge in [-0.1, -0.05) is 42.5 Å². The fraction of sp³-hybridized carbons (Fsp3) is 0. The van der Waals surface area contributed by atoms with Gasteiger partial charge in [-0.2, -0.15) is 0 Å². The number of benzene rings is 2. The van der Waals surface area contributed by atoms with Crippen molar-refractivity contribution in [3.8, 4) is 11.1 Å². The molecule has 3 N–H and O–H groups in total. The van der Waals surface area contributed by atoms with Crippen molar-refractivity contribution in [2.75, 3.05) is 0 Å². The predicted molar refractivity (Wildman–Crippen MR) is 93.5 cm³/mol. The molecule has 3 rings (SSSR count). The molecule has 1 aromatic heterocycles. The topological polar surface area (TPSA) is 88.6 Å². The Kier molecular flexibility index (Phi) is 4.34. The van der Waals surface area contributed by atoms with Crippen molar-refractivity contribution in [3.05, 3.63) is 84.2 Å². The maximum Gasteiger partial charge on any atom is 0.336 e. The number of amidine groups is 1. The van der Waals surface area contributed by atoms with E-state index in [1.54, 1.807) is 42.7 Å². The van der Waals surface area contributed by atoms with Crippen molar-refractivity contribution in [2.45, 2.75) is 0 Å². The molecule has 5 heteroatoms. The highest BCUT2D eigenvalue weighted by Gasteiger charge is 2.10. The van der Waals surface area contributed by atoms with Gasteiger partial charge < -0.3 is 10.8 Å². The number of carboxylic acid groups (broad SMARTS) is 1. The van der Waals surface area contributed by atoms with E-state index < -0.39 is 5.97 Å². The number of hydrogen-bond acceptors (Lipinski definition) is 3. The van der Waals surface area contributed by atoms with Crippen LogP contribution in [0.15, 0.2) is 78.0 Å². The second-order valence-electron chi connectivity index (χ2n) is 5.13. The van der Waals surface area contributed by atoms with Crippen LogP contribution in [0, 0.1) is 0 Å². The summed E-state index contributed by atoms with van der Waals surface area (Å²) in [4.78, 5) is 19.6. The number of nitrogens with two attached hydrogens (primary N) is 1. The van der Waals surface area contributed by atoms with Gasteiger partial charge in [-0.15, -0.1) is 0 Å². The van der Waals surface area contributed by atoms with Gasteiger partial charge in [0.05, 0.1) is 11.3 Å². The molecular formula is C19H15N3O2. The van der Waals surface area contributed by atoms with Crippen molar-refractivity contribution in [1.82, 2.24) is 4.98 Å². The lowest BCUT2D eigenvalue weighted by molar-refractivity contribution is 0.0697. The quantitative estimate of drug-likeness (QED) is 0.569. The highest BCUT2D eigenvalue weighted by atomic mass is 16.4. The molecule has 0 bridgehead atoms. The molecule has 1 heterocycles. The van der Waals surface area contributed by atoms with Crippen LogP contribution in [0.5, 0.6) is 0 Å². The van der Waals surface area contributed by atoms with E-state index in [9.17, 15) is 9.90 Å². The van der Waals surface area contributed by atoms with Crippen LogP contribution >= 0.6 is 0 Å². The van der Waals surface area contributed by atoms with Crippen LogP contribution in [0.3, 0.4) is 0 Å². The monoisotopic (exact) mass is 317 g/mol. The molecule has 0 atom stereocenters. The second-order valence-corrected chi connectivity index (χ2v) is 5.13. The molecule has 0 aliphatic rings. The summed E-state index contributed by atoms with van der Waals surface area (Å²) < 4.78 is 0. The highest BCUT2D eigenvalue weighted by Crippen LogP contribution is 2.24. The van der Waals surface area contributed by atoms with Crippen LogP contribution in [0.1, 0.15) is 15.9 Å². The maximum absolute atomic E-state index is 11.3. The molecule has 118 valence electrons. The molecule has 0 aliphatic heterocycles. The van der Waals surface area contributed by atoms with Crippen molar-refractivity contribution < 1.29 is 9.90 Å². The molecule has 0 aliphatic carbocycles. The Hall–Kier alpha value is -3.47. The number of aromatic nitrogens is 1. The van der Waals surface area contributed by atoms with Gasteiger partial charge in [-0.05, 0) is 29.3 Å². The lowest BCUT2D eigenvalue weighted by atomic mass is 9.98. The first-order valence-corrected chi connectivity index (χ1v) is 7.32. The van der Waals surface area contributed by atoms with Crippen LogP contribution in [0.2, 0.25) is 0 Å². The van der Waals surface area contributed by atoms with Gasteiger partial charge in [0.2, 0.25) is 0 Å². The van der Waals surface area contributed by atoms with Crippen LogP contribution < -0.4 is 5.73 Å². The summed E-state index contributed by atoms with van der Waals surface area (Å²) in [6, 6.07) is 17.8. The molecule has 0 spiro atoms. The summed E-state index contributed by atoms with van der Waals surface area (Å²) in [5.74, 6) is -0.562. The average molecular weight is 317 g/mol. The van der Waals surface area contributed by atoms with Gasteiger partial charge in [-0.25, -0.2) is 9.79 Å². The van der Waals surface area contributed by atoms with Crippen molar-refractivity contribution >= 4 is 17.5 Å². The maximum atomic E-state index is 11.3. The number of carbonyl (C=O) groups is 1. The standard InChI is InChI=1S/C19H15N3O2/c20-18(22-15-9-11-21-12-10-15)14-7-5-13(6-8-14)16-3-1-2-4-17(16)19(23)24/h1-12H,(H,23,24)(H2,20,21,22). The van der Waals surface area contributed by atoms with Gasteiger partial charge >= 0.3 is 5.97 Å². The summed E-state index contributed by atoms with van der Waals surface area (Å²) in [5.41, 5.74) is 9.27. The van der Waals surface area contributed by atoms with Crippen LogP contribution in [-0.2, 0) is 0 Å². The number of rotatable bonds is 4. The summed E-state index contributed by atoms with van der Waals surface area (Å²) in [7, 11) is 0. The van der Waals surface area contributed by atoms with E-state index in [-0.39, 0.29) is 5.56 Å². The number of carboxylic acids is 1. The molecule has 0 amide bonds. The van der Waals surface area contributed by atoms with E-state index in [1.807, 2.05) is 30.3 Å². The van der Waals surface area contributed by atoms with Gasteiger partial charge in [0.1, 0.15) is 5.84 Å². The molecule has 2 aromatic carbocycles. The molecule has 5 nitrogen and oxygen atoms in total.